The average molecular weight is 342 g/mol. The molecule has 6 nitrogen and oxygen atoms in total. The fraction of sp³-hybridized carbons (Fsp3) is 0.278. The largest absolute Gasteiger partial charge is 0.343 e. The third-order valence-corrected chi connectivity index (χ3v) is 4.05. The molecule has 1 fully saturated rings. The van der Waals surface area contributed by atoms with E-state index >= 15 is 0 Å². The molecular formula is C18H19FN4O2. The molecule has 1 heterocycles. The van der Waals surface area contributed by atoms with Crippen molar-refractivity contribution in [2.24, 2.45) is 0 Å². The van der Waals surface area contributed by atoms with E-state index in [9.17, 15) is 14.0 Å². The van der Waals surface area contributed by atoms with Gasteiger partial charge in [-0.25, -0.2) is 9.18 Å². The summed E-state index contributed by atoms with van der Waals surface area (Å²) >= 11 is 0. The van der Waals surface area contributed by atoms with E-state index < -0.39 is 6.03 Å². The minimum absolute atomic E-state index is 0.00438. The fourth-order valence-electron chi connectivity index (χ4n) is 2.66. The number of benzene rings is 1. The maximum atomic E-state index is 13.8. The van der Waals surface area contributed by atoms with E-state index in [0.717, 1.165) is 0 Å². The van der Waals surface area contributed by atoms with Crippen molar-refractivity contribution in [3.63, 3.8) is 0 Å². The van der Waals surface area contributed by atoms with Gasteiger partial charge in [-0.05, 0) is 30.2 Å². The first-order valence-electron chi connectivity index (χ1n) is 7.95. The Hall–Kier alpha value is -2.96. The molecule has 0 unspecified atom stereocenters. The number of aromatic nitrogens is 1. The number of rotatable bonds is 4. The predicted molar refractivity (Wildman–Crippen MR) is 92.0 cm³/mol. The third kappa shape index (κ3) is 3.93. The molecule has 1 aliphatic rings. The normalized spacial score (nSPS) is 18.4. The summed E-state index contributed by atoms with van der Waals surface area (Å²) in [6, 6.07) is 9.23. The summed E-state index contributed by atoms with van der Waals surface area (Å²) in [6.45, 7) is 0. The number of hydrogen-bond donors (Lipinski definition) is 2. The number of carbonyl (C=O) groups is 2. The molecule has 0 saturated heterocycles. The third-order valence-electron chi connectivity index (χ3n) is 4.05. The van der Waals surface area contributed by atoms with Gasteiger partial charge in [-0.2, -0.15) is 0 Å². The zero-order valence-electron chi connectivity index (χ0n) is 14.0. The van der Waals surface area contributed by atoms with E-state index in [2.05, 4.69) is 15.6 Å². The molecule has 1 saturated carbocycles. The molecule has 3 amide bonds. The lowest BCUT2D eigenvalue weighted by Gasteiger charge is -2.11. The molecule has 1 aromatic carbocycles. The summed E-state index contributed by atoms with van der Waals surface area (Å²) in [6.07, 6.45) is 2.17. The first-order chi connectivity index (χ1) is 12.0. The quantitative estimate of drug-likeness (QED) is 0.897. The van der Waals surface area contributed by atoms with E-state index in [1.54, 1.807) is 38.4 Å². The Morgan fingerprint density at radius 1 is 1.24 bits per heavy atom. The minimum atomic E-state index is -0.390. The van der Waals surface area contributed by atoms with Gasteiger partial charge in [0.25, 0.3) is 5.91 Å². The summed E-state index contributed by atoms with van der Waals surface area (Å²) in [5.41, 5.74) is 1.34. The maximum Gasteiger partial charge on any atom is 0.319 e. The number of urea groups is 1. The zero-order valence-corrected chi connectivity index (χ0v) is 14.0. The van der Waals surface area contributed by atoms with Gasteiger partial charge in [0.2, 0.25) is 0 Å². The van der Waals surface area contributed by atoms with E-state index in [-0.39, 0.29) is 29.4 Å². The Morgan fingerprint density at radius 3 is 2.72 bits per heavy atom. The van der Waals surface area contributed by atoms with Gasteiger partial charge in [-0.1, -0.05) is 18.2 Å². The van der Waals surface area contributed by atoms with Gasteiger partial charge in [-0.3, -0.25) is 9.78 Å². The molecule has 0 bridgehead atoms. The van der Waals surface area contributed by atoms with Crippen molar-refractivity contribution >= 4 is 17.6 Å². The van der Waals surface area contributed by atoms with E-state index in [0.29, 0.717) is 17.7 Å². The van der Waals surface area contributed by atoms with Crippen LogP contribution in [0, 0.1) is 5.82 Å². The molecule has 3 rings (SSSR count). The molecule has 0 radical (unpaired) electrons. The molecule has 7 heteroatoms. The van der Waals surface area contributed by atoms with E-state index in [1.165, 1.54) is 23.2 Å². The Bertz CT molecular complexity index is 809. The molecule has 2 atom stereocenters. The molecule has 1 aromatic heterocycles. The van der Waals surface area contributed by atoms with Gasteiger partial charge >= 0.3 is 6.03 Å². The van der Waals surface area contributed by atoms with Crippen LogP contribution in [0.3, 0.4) is 0 Å². The van der Waals surface area contributed by atoms with Crippen LogP contribution >= 0.6 is 0 Å². The van der Waals surface area contributed by atoms with Crippen LogP contribution in [0.15, 0.2) is 42.6 Å². The van der Waals surface area contributed by atoms with Crippen LogP contribution in [0.4, 0.5) is 14.9 Å². The topological polar surface area (TPSA) is 74.3 Å². The lowest BCUT2D eigenvalue weighted by atomic mass is 10.1. The van der Waals surface area contributed by atoms with Crippen LogP contribution in [-0.4, -0.2) is 42.0 Å². The van der Waals surface area contributed by atoms with Gasteiger partial charge in [0, 0.05) is 37.9 Å². The molecule has 2 aromatic rings. The van der Waals surface area contributed by atoms with E-state index in [4.69, 9.17) is 0 Å². The first kappa shape index (κ1) is 16.9. The SMILES string of the molecule is CN(C)C(=O)c1cc(NC(=O)N[C@H]2C[C@@H]2c2ccccc2F)ccn1. The van der Waals surface area contributed by atoms with Crippen LogP contribution in [0.2, 0.25) is 0 Å². The van der Waals surface area contributed by atoms with Crippen LogP contribution in [-0.2, 0) is 0 Å². The highest BCUT2D eigenvalue weighted by Crippen LogP contribution is 2.41. The lowest BCUT2D eigenvalue weighted by molar-refractivity contribution is 0.0822. The van der Waals surface area contributed by atoms with Gasteiger partial charge in [0.05, 0.1) is 0 Å². The standard InChI is InChI=1S/C18H19FN4O2/c1-23(2)17(24)16-9-11(7-8-20-16)21-18(25)22-15-10-13(15)12-5-3-4-6-14(12)19/h3-9,13,15H,10H2,1-2H3,(H2,20,21,22,25)/t13-,15+/m1/s1. The highest BCUT2D eigenvalue weighted by molar-refractivity contribution is 5.95. The lowest BCUT2D eigenvalue weighted by Crippen LogP contribution is -2.31. The van der Waals surface area contributed by atoms with Crippen molar-refractivity contribution in [2.45, 2.75) is 18.4 Å². The number of amides is 3. The number of hydrogen-bond acceptors (Lipinski definition) is 3. The Balaban J connectivity index is 1.58. The predicted octanol–water partition coefficient (Wildman–Crippen LogP) is 2.60. The van der Waals surface area contributed by atoms with Crippen LogP contribution in [0.25, 0.3) is 0 Å². The van der Waals surface area contributed by atoms with Crippen LogP contribution in [0.5, 0.6) is 0 Å². The molecule has 0 spiro atoms. The summed E-state index contributed by atoms with van der Waals surface area (Å²) in [5, 5.41) is 5.50. The molecule has 2 N–H and O–H groups in total. The van der Waals surface area contributed by atoms with Crippen molar-refractivity contribution in [3.8, 4) is 0 Å². The minimum Gasteiger partial charge on any atom is -0.343 e. The van der Waals surface area contributed by atoms with Gasteiger partial charge in [0.15, 0.2) is 0 Å². The summed E-state index contributed by atoms with van der Waals surface area (Å²) in [7, 11) is 3.26. The Labute approximate surface area is 145 Å². The van der Waals surface area contributed by atoms with Crippen molar-refractivity contribution in [3.05, 3.63) is 59.7 Å². The Kier molecular flexibility index (Phi) is 4.65. The highest BCUT2D eigenvalue weighted by Gasteiger charge is 2.40. The van der Waals surface area contributed by atoms with Gasteiger partial charge < -0.3 is 15.5 Å². The molecule has 25 heavy (non-hydrogen) atoms. The second kappa shape index (κ2) is 6.88. The van der Waals surface area contributed by atoms with Crippen molar-refractivity contribution in [2.75, 3.05) is 19.4 Å². The zero-order chi connectivity index (χ0) is 18.0. The van der Waals surface area contributed by atoms with Crippen LogP contribution in [0.1, 0.15) is 28.4 Å². The smallest absolute Gasteiger partial charge is 0.319 e. The van der Waals surface area contributed by atoms with Crippen LogP contribution < -0.4 is 10.6 Å². The number of halogens is 1. The molecular weight excluding hydrogens is 323 g/mol. The van der Waals surface area contributed by atoms with E-state index in [1.807, 2.05) is 0 Å². The number of pyridine rings is 1. The van der Waals surface area contributed by atoms with Crippen molar-refractivity contribution in [1.29, 1.82) is 0 Å². The molecule has 0 aliphatic heterocycles. The number of nitrogens with zero attached hydrogens (tertiary/aromatic N) is 2. The van der Waals surface area contributed by atoms with Gasteiger partial charge in [0.1, 0.15) is 11.5 Å². The average Bonchev–Trinajstić information content (AvgIpc) is 3.33. The van der Waals surface area contributed by atoms with Gasteiger partial charge in [-0.15, -0.1) is 0 Å². The monoisotopic (exact) mass is 342 g/mol. The molecule has 1 aliphatic carbocycles. The molecule has 130 valence electrons. The second-order valence-electron chi connectivity index (χ2n) is 6.20. The fourth-order valence-corrected chi connectivity index (χ4v) is 2.66. The summed E-state index contributed by atoms with van der Waals surface area (Å²) in [4.78, 5) is 29.4. The number of carbonyl (C=O) groups excluding carboxylic acids is 2. The first-order valence-corrected chi connectivity index (χ1v) is 7.95. The van der Waals surface area contributed by atoms with Crippen molar-refractivity contribution in [1.82, 2.24) is 15.2 Å². The summed E-state index contributed by atoms with van der Waals surface area (Å²) in [5.74, 6) is -0.501. The summed E-state index contributed by atoms with van der Waals surface area (Å²) < 4.78 is 13.8. The highest BCUT2D eigenvalue weighted by atomic mass is 19.1. The second-order valence-corrected chi connectivity index (χ2v) is 6.20. The maximum absolute atomic E-state index is 13.8. The number of anilines is 1. The number of nitrogens with one attached hydrogen (secondary N) is 2. The van der Waals surface area contributed by atoms with Crippen molar-refractivity contribution < 1.29 is 14.0 Å². The Morgan fingerprint density at radius 2 is 2.00 bits per heavy atom.